The summed E-state index contributed by atoms with van der Waals surface area (Å²) in [6.07, 6.45) is 0. The zero-order valence-electron chi connectivity index (χ0n) is 12.5. The molecule has 0 aliphatic heterocycles. The number of aromatic nitrogens is 2. The molecular weight excluding hydrogens is 330 g/mol. The van der Waals surface area contributed by atoms with Crippen molar-refractivity contribution in [2.45, 2.75) is 4.34 Å². The lowest BCUT2D eigenvalue weighted by molar-refractivity contribution is 0.0150. The third kappa shape index (κ3) is 11.2. The van der Waals surface area contributed by atoms with Gasteiger partial charge in [0.1, 0.15) is 0 Å². The fraction of sp³-hybridized carbons (Fsp3) is 0.833. The molecule has 0 unspecified atom stereocenters. The van der Waals surface area contributed by atoms with Crippen molar-refractivity contribution in [3.8, 4) is 0 Å². The fourth-order valence-electron chi connectivity index (χ4n) is 1.25. The first-order valence-electron chi connectivity index (χ1n) is 6.75. The van der Waals surface area contributed by atoms with Gasteiger partial charge in [-0.05, 0) is 26.3 Å². The van der Waals surface area contributed by atoms with Gasteiger partial charge in [0, 0.05) is 12.3 Å². The van der Waals surface area contributed by atoms with Crippen LogP contribution in [0.2, 0.25) is 0 Å². The molecule has 21 heavy (non-hydrogen) atoms. The third-order valence-corrected chi connectivity index (χ3v) is 4.50. The number of likely N-dealkylation sites (N-methyl/N-ethyl adjacent to an activating group) is 1. The lowest BCUT2D eigenvalue weighted by Gasteiger charge is -2.10. The van der Waals surface area contributed by atoms with Crippen LogP contribution in [0.3, 0.4) is 0 Å². The largest absolute Gasteiger partial charge is 0.378 e. The molecular formula is C12H23N3O3S3. The van der Waals surface area contributed by atoms with Gasteiger partial charge in [0.2, 0.25) is 0 Å². The number of rotatable bonds is 13. The molecule has 0 saturated carbocycles. The Morgan fingerprint density at radius 2 is 1.71 bits per heavy atom. The monoisotopic (exact) mass is 353 g/mol. The number of nitrogens with one attached hydrogen (secondary N) is 1. The van der Waals surface area contributed by atoms with Gasteiger partial charge in [-0.1, -0.05) is 23.1 Å². The summed E-state index contributed by atoms with van der Waals surface area (Å²) in [7, 11) is 4.05. The SMILES string of the molecule is CN(C)CCOCCOCCOCCSc1n[nH]c(=S)s1. The minimum Gasteiger partial charge on any atom is -0.378 e. The van der Waals surface area contributed by atoms with Crippen LogP contribution in [-0.2, 0) is 14.2 Å². The Labute approximate surface area is 139 Å². The zero-order valence-corrected chi connectivity index (χ0v) is 15.0. The Hall–Kier alpha value is -0.0300. The van der Waals surface area contributed by atoms with Gasteiger partial charge in [0.15, 0.2) is 8.29 Å². The average Bonchev–Trinajstić information content (AvgIpc) is 2.85. The summed E-state index contributed by atoms with van der Waals surface area (Å²) in [6.45, 7) is 4.81. The van der Waals surface area contributed by atoms with Crippen LogP contribution in [0.15, 0.2) is 4.34 Å². The normalized spacial score (nSPS) is 11.4. The van der Waals surface area contributed by atoms with Crippen LogP contribution in [0.25, 0.3) is 0 Å². The molecule has 9 heteroatoms. The van der Waals surface area contributed by atoms with Gasteiger partial charge in [0.05, 0.1) is 39.6 Å². The Kier molecular flexibility index (Phi) is 11.3. The summed E-state index contributed by atoms with van der Waals surface area (Å²) in [5.74, 6) is 0.865. The predicted molar refractivity (Wildman–Crippen MR) is 89.0 cm³/mol. The van der Waals surface area contributed by atoms with Gasteiger partial charge in [-0.15, -0.1) is 0 Å². The van der Waals surface area contributed by atoms with Gasteiger partial charge in [-0.2, -0.15) is 5.10 Å². The standard InChI is InChI=1S/C12H23N3O3S3/c1-15(2)3-4-16-5-6-17-7-8-18-9-10-20-12-14-13-11(19)21-12/h3-10H2,1-2H3,(H,13,19). The van der Waals surface area contributed by atoms with E-state index in [4.69, 9.17) is 26.4 Å². The average molecular weight is 354 g/mol. The van der Waals surface area contributed by atoms with Crippen LogP contribution < -0.4 is 0 Å². The zero-order chi connectivity index (χ0) is 15.3. The molecule has 0 amide bonds. The van der Waals surface area contributed by atoms with E-state index in [1.165, 1.54) is 11.3 Å². The van der Waals surface area contributed by atoms with Gasteiger partial charge in [-0.3, -0.25) is 5.10 Å². The molecule has 0 aliphatic rings. The number of thioether (sulfide) groups is 1. The summed E-state index contributed by atoms with van der Waals surface area (Å²) in [5.41, 5.74) is 0. The Bertz CT molecular complexity index is 412. The van der Waals surface area contributed by atoms with E-state index in [0.717, 1.165) is 23.2 Å². The van der Waals surface area contributed by atoms with Crippen molar-refractivity contribution in [3.05, 3.63) is 3.95 Å². The highest BCUT2D eigenvalue weighted by Gasteiger charge is 1.98. The van der Waals surface area contributed by atoms with Gasteiger partial charge in [-0.25, -0.2) is 0 Å². The van der Waals surface area contributed by atoms with Crippen LogP contribution in [0.1, 0.15) is 0 Å². The van der Waals surface area contributed by atoms with Crippen molar-refractivity contribution in [3.63, 3.8) is 0 Å². The maximum absolute atomic E-state index is 5.47. The Balaban J connectivity index is 1.77. The molecule has 0 atom stereocenters. The number of ether oxygens (including phenoxy) is 3. The second-order valence-electron chi connectivity index (χ2n) is 4.37. The van der Waals surface area contributed by atoms with Crippen molar-refractivity contribution in [2.75, 3.05) is 66.0 Å². The topological polar surface area (TPSA) is 59.6 Å². The second-order valence-corrected chi connectivity index (χ2v) is 7.38. The highest BCUT2D eigenvalue weighted by atomic mass is 32.2. The molecule has 0 spiro atoms. The molecule has 1 aromatic heterocycles. The van der Waals surface area contributed by atoms with Crippen LogP contribution in [0, 0.1) is 3.95 Å². The molecule has 0 saturated heterocycles. The summed E-state index contributed by atoms with van der Waals surface area (Å²) in [4.78, 5) is 2.09. The smallest absolute Gasteiger partial charge is 0.177 e. The van der Waals surface area contributed by atoms with Crippen molar-refractivity contribution < 1.29 is 14.2 Å². The summed E-state index contributed by atoms with van der Waals surface area (Å²) >= 11 is 8.08. The third-order valence-electron chi connectivity index (χ3n) is 2.30. The lowest BCUT2D eigenvalue weighted by atomic mass is 10.6. The summed E-state index contributed by atoms with van der Waals surface area (Å²) < 4.78 is 18.0. The van der Waals surface area contributed by atoms with Gasteiger partial charge >= 0.3 is 0 Å². The Morgan fingerprint density at radius 3 is 2.29 bits per heavy atom. The number of H-pyrrole nitrogens is 1. The molecule has 122 valence electrons. The van der Waals surface area contributed by atoms with E-state index in [-0.39, 0.29) is 0 Å². The maximum Gasteiger partial charge on any atom is 0.177 e. The highest BCUT2D eigenvalue weighted by Crippen LogP contribution is 2.19. The molecule has 0 fully saturated rings. The number of nitrogens with zero attached hydrogens (tertiary/aromatic N) is 2. The van der Waals surface area contributed by atoms with Crippen LogP contribution in [-0.4, -0.2) is 81.1 Å². The maximum atomic E-state index is 5.47. The fourth-order valence-corrected chi connectivity index (χ4v) is 3.26. The van der Waals surface area contributed by atoms with E-state index in [9.17, 15) is 0 Å². The number of aromatic amines is 1. The minimum absolute atomic E-state index is 0.600. The second kappa shape index (κ2) is 12.5. The molecule has 0 radical (unpaired) electrons. The molecule has 6 nitrogen and oxygen atoms in total. The molecule has 0 aliphatic carbocycles. The van der Waals surface area contributed by atoms with Crippen LogP contribution in [0.4, 0.5) is 0 Å². The van der Waals surface area contributed by atoms with E-state index in [2.05, 4.69) is 15.1 Å². The van der Waals surface area contributed by atoms with Crippen molar-refractivity contribution in [1.29, 1.82) is 0 Å². The van der Waals surface area contributed by atoms with Gasteiger partial charge < -0.3 is 19.1 Å². The van der Waals surface area contributed by atoms with E-state index in [1.807, 2.05) is 14.1 Å². The van der Waals surface area contributed by atoms with Crippen molar-refractivity contribution in [2.24, 2.45) is 0 Å². The van der Waals surface area contributed by atoms with Gasteiger partial charge in [0.25, 0.3) is 0 Å². The number of hydrogen-bond acceptors (Lipinski definition) is 8. The minimum atomic E-state index is 0.600. The summed E-state index contributed by atoms with van der Waals surface area (Å²) in [5, 5.41) is 6.82. The van der Waals surface area contributed by atoms with E-state index >= 15 is 0 Å². The van der Waals surface area contributed by atoms with E-state index in [1.54, 1.807) is 11.8 Å². The Morgan fingerprint density at radius 1 is 1.10 bits per heavy atom. The van der Waals surface area contributed by atoms with Crippen molar-refractivity contribution >= 4 is 35.3 Å². The first-order valence-corrected chi connectivity index (χ1v) is 8.96. The number of hydrogen-bond donors (Lipinski definition) is 1. The molecule has 1 N–H and O–H groups in total. The van der Waals surface area contributed by atoms with E-state index < -0.39 is 0 Å². The molecule has 0 bridgehead atoms. The molecule has 1 rings (SSSR count). The lowest BCUT2D eigenvalue weighted by Crippen LogP contribution is -2.19. The molecule has 1 aromatic rings. The van der Waals surface area contributed by atoms with Crippen LogP contribution in [0.5, 0.6) is 0 Å². The first kappa shape index (κ1) is 19.0. The van der Waals surface area contributed by atoms with E-state index in [0.29, 0.717) is 37.0 Å². The van der Waals surface area contributed by atoms with Crippen LogP contribution >= 0.6 is 35.3 Å². The predicted octanol–water partition coefficient (Wildman–Crippen LogP) is 1.90. The van der Waals surface area contributed by atoms with Crippen molar-refractivity contribution in [1.82, 2.24) is 15.1 Å². The quantitative estimate of drug-likeness (QED) is 0.330. The highest BCUT2D eigenvalue weighted by molar-refractivity contribution is 8.01. The summed E-state index contributed by atoms with van der Waals surface area (Å²) in [6, 6.07) is 0. The first-order chi connectivity index (χ1) is 10.2. The molecule has 0 aromatic carbocycles. The molecule has 1 heterocycles.